The number of nitrogens with one attached hydrogen (secondary N) is 1. The Kier molecular flexibility index (Phi) is 5.12. The standard InChI is InChI=1S/C15H19NO4/c17-14(8-4-7-11-5-2-1-3-6-11)20-12-9-13(15(18)19)16-10-12/h1-3,5-6,12-13,16H,4,7-10H2,(H,18,19)/t12-,13+/m1/s1. The lowest BCUT2D eigenvalue weighted by atomic mass is 10.1. The summed E-state index contributed by atoms with van der Waals surface area (Å²) in [6.45, 7) is 0.418. The molecule has 2 N–H and O–H groups in total. The van der Waals surface area contributed by atoms with Crippen LogP contribution in [0.5, 0.6) is 0 Å². The molecule has 5 nitrogen and oxygen atoms in total. The molecule has 1 fully saturated rings. The maximum atomic E-state index is 11.7. The summed E-state index contributed by atoms with van der Waals surface area (Å²) in [5.74, 6) is -1.15. The minimum absolute atomic E-state index is 0.251. The van der Waals surface area contributed by atoms with Crippen LogP contribution in [-0.4, -0.2) is 35.7 Å². The van der Waals surface area contributed by atoms with E-state index in [0.717, 1.165) is 12.8 Å². The average molecular weight is 277 g/mol. The Balaban J connectivity index is 1.65. The van der Waals surface area contributed by atoms with Gasteiger partial charge < -0.3 is 15.2 Å². The second-order valence-electron chi connectivity index (χ2n) is 4.99. The number of aryl methyl sites for hydroxylation is 1. The minimum atomic E-state index is -0.896. The maximum Gasteiger partial charge on any atom is 0.320 e. The van der Waals surface area contributed by atoms with Gasteiger partial charge in [0.1, 0.15) is 12.1 Å². The van der Waals surface area contributed by atoms with Crippen LogP contribution in [0.2, 0.25) is 0 Å². The van der Waals surface area contributed by atoms with E-state index >= 15 is 0 Å². The van der Waals surface area contributed by atoms with Crippen LogP contribution in [0, 0.1) is 0 Å². The third-order valence-electron chi connectivity index (χ3n) is 3.38. The van der Waals surface area contributed by atoms with Crippen molar-refractivity contribution in [2.45, 2.75) is 37.8 Å². The second kappa shape index (κ2) is 7.05. The van der Waals surface area contributed by atoms with Crippen molar-refractivity contribution in [3.05, 3.63) is 35.9 Å². The largest absolute Gasteiger partial charge is 0.480 e. The van der Waals surface area contributed by atoms with E-state index in [-0.39, 0.29) is 12.1 Å². The summed E-state index contributed by atoms with van der Waals surface area (Å²) >= 11 is 0. The highest BCUT2D eigenvalue weighted by atomic mass is 16.5. The maximum absolute atomic E-state index is 11.7. The Bertz CT molecular complexity index is 460. The normalized spacial score (nSPS) is 21.6. The molecule has 5 heteroatoms. The van der Waals surface area contributed by atoms with E-state index in [9.17, 15) is 9.59 Å². The molecule has 1 aliphatic rings. The number of hydrogen-bond acceptors (Lipinski definition) is 4. The molecule has 1 heterocycles. The predicted octanol–water partition coefficient (Wildman–Crippen LogP) is 1.37. The molecule has 108 valence electrons. The molecule has 2 atom stereocenters. The van der Waals surface area contributed by atoms with Crippen LogP contribution in [0.1, 0.15) is 24.8 Å². The van der Waals surface area contributed by atoms with Crippen LogP contribution in [-0.2, 0) is 20.7 Å². The van der Waals surface area contributed by atoms with Gasteiger partial charge in [-0.2, -0.15) is 0 Å². The van der Waals surface area contributed by atoms with E-state index in [1.54, 1.807) is 0 Å². The average Bonchev–Trinajstić information content (AvgIpc) is 2.88. The highest BCUT2D eigenvalue weighted by Gasteiger charge is 2.31. The van der Waals surface area contributed by atoms with Crippen LogP contribution in [0.25, 0.3) is 0 Å². The first-order valence-corrected chi connectivity index (χ1v) is 6.85. The molecule has 0 aliphatic carbocycles. The third kappa shape index (κ3) is 4.35. The molecule has 1 aliphatic heterocycles. The summed E-state index contributed by atoms with van der Waals surface area (Å²) < 4.78 is 5.26. The van der Waals surface area contributed by atoms with E-state index in [0.29, 0.717) is 19.4 Å². The van der Waals surface area contributed by atoms with Gasteiger partial charge in [-0.1, -0.05) is 30.3 Å². The van der Waals surface area contributed by atoms with E-state index < -0.39 is 12.0 Å². The first-order valence-electron chi connectivity index (χ1n) is 6.85. The Morgan fingerprint density at radius 1 is 1.30 bits per heavy atom. The van der Waals surface area contributed by atoms with Crippen molar-refractivity contribution < 1.29 is 19.4 Å². The molecule has 1 aromatic rings. The Hall–Kier alpha value is -1.88. The molecule has 20 heavy (non-hydrogen) atoms. The van der Waals surface area contributed by atoms with Crippen molar-refractivity contribution in [1.29, 1.82) is 0 Å². The lowest BCUT2D eigenvalue weighted by molar-refractivity contribution is -0.149. The van der Waals surface area contributed by atoms with Gasteiger partial charge in [-0.15, -0.1) is 0 Å². The number of rotatable bonds is 6. The van der Waals surface area contributed by atoms with Crippen molar-refractivity contribution in [2.24, 2.45) is 0 Å². The van der Waals surface area contributed by atoms with Gasteiger partial charge in [0.25, 0.3) is 0 Å². The number of ether oxygens (including phenoxy) is 1. The Labute approximate surface area is 117 Å². The highest BCUT2D eigenvalue weighted by molar-refractivity contribution is 5.74. The van der Waals surface area contributed by atoms with Crippen LogP contribution in [0.4, 0.5) is 0 Å². The smallest absolute Gasteiger partial charge is 0.320 e. The Morgan fingerprint density at radius 2 is 2.05 bits per heavy atom. The molecular weight excluding hydrogens is 258 g/mol. The van der Waals surface area contributed by atoms with Gasteiger partial charge in [-0.3, -0.25) is 9.59 Å². The summed E-state index contributed by atoms with van der Waals surface area (Å²) in [6.07, 6.45) is 1.98. The Morgan fingerprint density at radius 3 is 2.70 bits per heavy atom. The molecular formula is C15H19NO4. The number of esters is 1. The van der Waals surface area contributed by atoms with Crippen molar-refractivity contribution in [3.63, 3.8) is 0 Å². The van der Waals surface area contributed by atoms with E-state index in [2.05, 4.69) is 5.32 Å². The summed E-state index contributed by atoms with van der Waals surface area (Å²) in [5.41, 5.74) is 1.20. The molecule has 0 radical (unpaired) electrons. The first kappa shape index (κ1) is 14.5. The molecule has 1 saturated heterocycles. The highest BCUT2D eigenvalue weighted by Crippen LogP contribution is 2.12. The fourth-order valence-corrected chi connectivity index (χ4v) is 2.31. The molecule has 0 bridgehead atoms. The molecule has 0 spiro atoms. The van der Waals surface area contributed by atoms with Crippen LogP contribution in [0.3, 0.4) is 0 Å². The minimum Gasteiger partial charge on any atom is -0.480 e. The molecule has 2 rings (SSSR count). The topological polar surface area (TPSA) is 75.6 Å². The zero-order chi connectivity index (χ0) is 14.4. The summed E-state index contributed by atoms with van der Waals surface area (Å²) in [5, 5.41) is 11.6. The number of aliphatic carboxylic acids is 1. The summed E-state index contributed by atoms with van der Waals surface area (Å²) in [6, 6.07) is 9.38. The molecule has 0 amide bonds. The van der Waals surface area contributed by atoms with Gasteiger partial charge in [0.15, 0.2) is 0 Å². The zero-order valence-corrected chi connectivity index (χ0v) is 11.2. The van der Waals surface area contributed by atoms with E-state index in [1.807, 2.05) is 30.3 Å². The van der Waals surface area contributed by atoms with Crippen molar-refractivity contribution >= 4 is 11.9 Å². The van der Waals surface area contributed by atoms with Crippen molar-refractivity contribution in [2.75, 3.05) is 6.54 Å². The molecule has 0 saturated carbocycles. The first-order chi connectivity index (χ1) is 9.65. The summed E-state index contributed by atoms with van der Waals surface area (Å²) in [7, 11) is 0. The van der Waals surface area contributed by atoms with Gasteiger partial charge in [0.2, 0.25) is 0 Å². The van der Waals surface area contributed by atoms with E-state index in [1.165, 1.54) is 5.56 Å². The number of carboxylic acid groups (broad SMARTS) is 1. The second-order valence-corrected chi connectivity index (χ2v) is 4.99. The predicted molar refractivity (Wildman–Crippen MR) is 73.3 cm³/mol. The van der Waals surface area contributed by atoms with Crippen molar-refractivity contribution in [1.82, 2.24) is 5.32 Å². The van der Waals surface area contributed by atoms with Crippen LogP contribution < -0.4 is 5.32 Å². The van der Waals surface area contributed by atoms with Gasteiger partial charge in [0.05, 0.1) is 0 Å². The van der Waals surface area contributed by atoms with Gasteiger partial charge in [0, 0.05) is 19.4 Å². The number of benzene rings is 1. The quantitative estimate of drug-likeness (QED) is 0.768. The fourth-order valence-electron chi connectivity index (χ4n) is 2.31. The van der Waals surface area contributed by atoms with E-state index in [4.69, 9.17) is 9.84 Å². The number of carbonyl (C=O) groups is 2. The number of carboxylic acids is 1. The monoisotopic (exact) mass is 277 g/mol. The van der Waals surface area contributed by atoms with Gasteiger partial charge in [-0.25, -0.2) is 0 Å². The molecule has 1 aromatic carbocycles. The van der Waals surface area contributed by atoms with Crippen LogP contribution >= 0.6 is 0 Å². The lowest BCUT2D eigenvalue weighted by Crippen LogP contribution is -2.30. The summed E-state index contributed by atoms with van der Waals surface area (Å²) in [4.78, 5) is 22.4. The third-order valence-corrected chi connectivity index (χ3v) is 3.38. The fraction of sp³-hybridized carbons (Fsp3) is 0.467. The zero-order valence-electron chi connectivity index (χ0n) is 11.2. The molecule has 0 unspecified atom stereocenters. The van der Waals surface area contributed by atoms with Crippen LogP contribution in [0.15, 0.2) is 30.3 Å². The van der Waals surface area contributed by atoms with Gasteiger partial charge in [-0.05, 0) is 18.4 Å². The lowest BCUT2D eigenvalue weighted by Gasteiger charge is -2.10. The van der Waals surface area contributed by atoms with Crippen molar-refractivity contribution in [3.8, 4) is 0 Å². The number of carbonyl (C=O) groups excluding carboxylic acids is 1. The molecule has 0 aromatic heterocycles. The number of hydrogen-bond donors (Lipinski definition) is 2. The van der Waals surface area contributed by atoms with Gasteiger partial charge >= 0.3 is 11.9 Å². The SMILES string of the molecule is O=C(CCCc1ccccc1)O[C@H]1CN[C@H](C(=O)O)C1.